The molecule has 41 heavy (non-hydrogen) atoms. The van der Waals surface area contributed by atoms with Gasteiger partial charge in [-0.25, -0.2) is 0 Å². The van der Waals surface area contributed by atoms with Gasteiger partial charge in [0.25, 0.3) is 5.75 Å². The van der Waals surface area contributed by atoms with Crippen LogP contribution in [0, 0.1) is 0 Å². The fourth-order valence-electron chi connectivity index (χ4n) is 4.55. The second-order valence-electron chi connectivity index (χ2n) is 9.87. The van der Waals surface area contributed by atoms with E-state index < -0.39 is 79.7 Å². The molecule has 3 heterocycles. The SMILES string of the molecule is O=c1cc(-c2ccc([OH2+])c(O)c2)oc2cc(OC3OC(COC4OCC(O)(CO)C4O)C(O)C(O)C3O)cc(O)c12. The van der Waals surface area contributed by atoms with Gasteiger partial charge < -0.3 is 69.3 Å². The summed E-state index contributed by atoms with van der Waals surface area (Å²) in [5, 5.41) is 88.5. The highest BCUT2D eigenvalue weighted by molar-refractivity contribution is 5.86. The molecular weight excluding hydrogens is 552 g/mol. The average molecular weight is 582 g/mol. The Morgan fingerprint density at radius 3 is 2.41 bits per heavy atom. The molecule has 222 valence electrons. The van der Waals surface area contributed by atoms with E-state index in [1.165, 1.54) is 24.3 Å². The van der Waals surface area contributed by atoms with Crippen molar-refractivity contribution in [1.82, 2.24) is 0 Å². The second-order valence-corrected chi connectivity index (χ2v) is 9.87. The van der Waals surface area contributed by atoms with Crippen LogP contribution >= 0.6 is 0 Å². The Labute approximate surface area is 230 Å². The normalized spacial score (nSPS) is 31.9. The van der Waals surface area contributed by atoms with E-state index in [1.54, 1.807) is 0 Å². The van der Waals surface area contributed by atoms with Crippen molar-refractivity contribution in [2.75, 3.05) is 19.8 Å². The third kappa shape index (κ3) is 5.42. The molecule has 5 rings (SSSR count). The summed E-state index contributed by atoms with van der Waals surface area (Å²) in [6.07, 6.45) is -11.2. The molecule has 0 aliphatic carbocycles. The number of rotatable bonds is 7. The topological polar surface area (TPSA) is 252 Å². The van der Waals surface area contributed by atoms with Crippen LogP contribution in [0.5, 0.6) is 23.0 Å². The summed E-state index contributed by atoms with van der Waals surface area (Å²) >= 11 is 0. The van der Waals surface area contributed by atoms with Crippen molar-refractivity contribution in [3.8, 4) is 34.3 Å². The van der Waals surface area contributed by atoms with Crippen molar-refractivity contribution in [2.45, 2.75) is 48.7 Å². The number of ether oxygens (including phenoxy) is 4. The van der Waals surface area contributed by atoms with Gasteiger partial charge in [-0.1, -0.05) is 0 Å². The summed E-state index contributed by atoms with van der Waals surface area (Å²) < 4.78 is 27.5. The van der Waals surface area contributed by atoms with Gasteiger partial charge in [-0.15, -0.1) is 0 Å². The Morgan fingerprint density at radius 2 is 1.73 bits per heavy atom. The van der Waals surface area contributed by atoms with E-state index in [4.69, 9.17) is 28.5 Å². The lowest BCUT2D eigenvalue weighted by Crippen LogP contribution is -2.60. The monoisotopic (exact) mass is 581 g/mol. The van der Waals surface area contributed by atoms with Gasteiger partial charge in [0.1, 0.15) is 64.3 Å². The van der Waals surface area contributed by atoms with Crippen LogP contribution in [0.15, 0.2) is 45.6 Å². The van der Waals surface area contributed by atoms with E-state index in [2.05, 4.69) is 0 Å². The van der Waals surface area contributed by atoms with Crippen molar-refractivity contribution < 1.29 is 69.3 Å². The van der Waals surface area contributed by atoms with Gasteiger partial charge in [0.05, 0.1) is 19.8 Å². The molecule has 2 aliphatic heterocycles. The largest absolute Gasteiger partial charge is 0.591 e. The van der Waals surface area contributed by atoms with Crippen molar-refractivity contribution in [1.29, 1.82) is 0 Å². The molecule has 8 unspecified atom stereocenters. The van der Waals surface area contributed by atoms with E-state index in [1.807, 2.05) is 0 Å². The van der Waals surface area contributed by atoms with Crippen molar-refractivity contribution >= 4 is 11.0 Å². The number of phenolic OH excluding ortho intramolecular Hbond substituents is 2. The van der Waals surface area contributed by atoms with Gasteiger partial charge in [0, 0.05) is 35.9 Å². The van der Waals surface area contributed by atoms with Crippen molar-refractivity contribution in [3.05, 3.63) is 46.6 Å². The van der Waals surface area contributed by atoms with Crippen LogP contribution in [0.4, 0.5) is 0 Å². The van der Waals surface area contributed by atoms with Crippen LogP contribution in [0.3, 0.4) is 0 Å². The van der Waals surface area contributed by atoms with Gasteiger partial charge in [-0.3, -0.25) is 4.79 Å². The molecule has 8 atom stereocenters. The average Bonchev–Trinajstić information content (AvgIpc) is 3.23. The fourth-order valence-corrected chi connectivity index (χ4v) is 4.55. The van der Waals surface area contributed by atoms with Crippen LogP contribution in [0.2, 0.25) is 0 Å². The number of benzene rings is 2. The first kappa shape index (κ1) is 29.0. The quantitative estimate of drug-likeness (QED) is 0.140. The number of hydrogen-bond donors (Lipinski definition) is 8. The molecule has 0 spiro atoms. The number of aliphatic hydroxyl groups is 6. The molecule has 0 bridgehead atoms. The van der Waals surface area contributed by atoms with Crippen LogP contribution in [0.25, 0.3) is 22.3 Å². The smallest absolute Gasteiger partial charge is 0.296 e. The maximum atomic E-state index is 12.7. The summed E-state index contributed by atoms with van der Waals surface area (Å²) in [7, 11) is 0. The van der Waals surface area contributed by atoms with Crippen molar-refractivity contribution in [2.24, 2.45) is 0 Å². The van der Waals surface area contributed by atoms with E-state index >= 15 is 0 Å². The Morgan fingerprint density at radius 1 is 0.976 bits per heavy atom. The predicted molar refractivity (Wildman–Crippen MR) is 135 cm³/mol. The zero-order valence-corrected chi connectivity index (χ0v) is 21.2. The molecule has 2 saturated heterocycles. The highest BCUT2D eigenvalue weighted by Crippen LogP contribution is 2.35. The number of phenols is 2. The van der Waals surface area contributed by atoms with Gasteiger partial charge in [0.15, 0.2) is 11.7 Å². The molecule has 2 fully saturated rings. The Balaban J connectivity index is 1.36. The lowest BCUT2D eigenvalue weighted by atomic mass is 9.99. The zero-order chi connectivity index (χ0) is 29.6. The molecule has 15 heteroatoms. The number of hydrogen-bond acceptors (Lipinski definition) is 14. The van der Waals surface area contributed by atoms with Crippen LogP contribution in [-0.4, -0.2) is 114 Å². The Kier molecular flexibility index (Phi) is 7.82. The summed E-state index contributed by atoms with van der Waals surface area (Å²) in [6.45, 7) is -1.72. The lowest BCUT2D eigenvalue weighted by Gasteiger charge is -2.40. The first-order valence-corrected chi connectivity index (χ1v) is 12.4. The van der Waals surface area contributed by atoms with Gasteiger partial charge in [-0.2, -0.15) is 0 Å². The third-order valence-corrected chi connectivity index (χ3v) is 6.99. The minimum atomic E-state index is -1.95. The van der Waals surface area contributed by atoms with Crippen LogP contribution < -0.4 is 10.2 Å². The lowest BCUT2D eigenvalue weighted by molar-refractivity contribution is -0.289. The second kappa shape index (κ2) is 11.1. The molecular formula is C26H29O15+. The summed E-state index contributed by atoms with van der Waals surface area (Å²) in [4.78, 5) is 12.7. The highest BCUT2D eigenvalue weighted by Gasteiger charge is 2.50. The van der Waals surface area contributed by atoms with E-state index in [0.29, 0.717) is 0 Å². The van der Waals surface area contributed by atoms with Gasteiger partial charge in [0.2, 0.25) is 12.0 Å². The first-order chi connectivity index (χ1) is 19.4. The maximum absolute atomic E-state index is 12.7. The Bertz CT molecular complexity index is 1470. The molecule has 0 saturated carbocycles. The molecule has 15 nitrogen and oxygen atoms in total. The van der Waals surface area contributed by atoms with Crippen LogP contribution in [0.1, 0.15) is 0 Å². The van der Waals surface area contributed by atoms with E-state index in [-0.39, 0.29) is 39.5 Å². The van der Waals surface area contributed by atoms with Crippen LogP contribution in [-0.2, 0) is 14.2 Å². The van der Waals surface area contributed by atoms with Gasteiger partial charge in [-0.05, 0) is 6.07 Å². The minimum Gasteiger partial charge on any atom is -0.591 e. The molecule has 0 radical (unpaired) electrons. The van der Waals surface area contributed by atoms with Crippen molar-refractivity contribution in [3.63, 3.8) is 0 Å². The third-order valence-electron chi connectivity index (χ3n) is 6.99. The number of fused-ring (bicyclic) bond motifs is 1. The van der Waals surface area contributed by atoms with E-state index in [9.17, 15) is 45.6 Å². The molecule has 0 amide bonds. The zero-order valence-electron chi connectivity index (χ0n) is 21.2. The molecule has 1 aromatic heterocycles. The standard InChI is InChI=1S/C26H28O15/c27-8-26(36)9-38-25(23(26)35)37-7-18-20(32)21(33)22(34)24(41-18)39-11-4-14(30)19-15(31)6-16(40-17(19)5-11)10-1-2-12(28)13(29)3-10/h1-6,18,20-25,27-30,32-36H,7-9H2/p+1. The Hall–Kier alpha value is -3.51. The fraction of sp³-hybridized carbons (Fsp3) is 0.423. The number of aromatic hydroxyl groups is 2. The molecule has 2 aliphatic rings. The van der Waals surface area contributed by atoms with Gasteiger partial charge >= 0.3 is 0 Å². The first-order valence-electron chi connectivity index (χ1n) is 12.4. The highest BCUT2D eigenvalue weighted by atomic mass is 16.7. The molecule has 10 N–H and O–H groups in total. The predicted octanol–water partition coefficient (Wildman–Crippen LogP) is -2.05. The molecule has 2 aromatic carbocycles. The summed E-state index contributed by atoms with van der Waals surface area (Å²) in [5.41, 5.74) is -2.42. The van der Waals surface area contributed by atoms with E-state index in [0.717, 1.165) is 12.1 Å². The summed E-state index contributed by atoms with van der Waals surface area (Å²) in [6, 6.07) is 7.36. The number of aliphatic hydroxyl groups excluding tert-OH is 5. The minimum absolute atomic E-state index is 0.0171. The summed E-state index contributed by atoms with van der Waals surface area (Å²) in [5.74, 6) is -1.15. The maximum Gasteiger partial charge on any atom is 0.296 e. The molecule has 3 aromatic rings.